The predicted octanol–water partition coefficient (Wildman–Crippen LogP) is 3.44. The van der Waals surface area contributed by atoms with Crippen molar-refractivity contribution in [3.8, 4) is 0 Å². The van der Waals surface area contributed by atoms with Gasteiger partial charge in [-0.25, -0.2) is 4.39 Å². The summed E-state index contributed by atoms with van der Waals surface area (Å²) < 4.78 is 13.3. The number of allylic oxidation sites excluding steroid dienone is 2. The summed E-state index contributed by atoms with van der Waals surface area (Å²) in [6, 6.07) is 6.48. The molecule has 2 heteroatoms. The van der Waals surface area contributed by atoms with Crippen LogP contribution in [0, 0.1) is 5.82 Å². The minimum absolute atomic E-state index is 0.0739. The lowest BCUT2D eigenvalue weighted by Gasteiger charge is -2.11. The minimum Gasteiger partial charge on any atom is -0.294 e. The van der Waals surface area contributed by atoms with Crippen LogP contribution in [0.4, 0.5) is 4.39 Å². The van der Waals surface area contributed by atoms with Crippen LogP contribution in [-0.2, 0) is 11.2 Å². The van der Waals surface area contributed by atoms with Crippen molar-refractivity contribution in [2.45, 2.75) is 32.1 Å². The molecule has 0 radical (unpaired) electrons. The van der Waals surface area contributed by atoms with E-state index in [0.717, 1.165) is 31.3 Å². The van der Waals surface area contributed by atoms with E-state index in [2.05, 4.69) is 0 Å². The molecule has 2 rings (SSSR count). The lowest BCUT2D eigenvalue weighted by Crippen LogP contribution is -2.09. The van der Waals surface area contributed by atoms with Crippen LogP contribution < -0.4 is 0 Å². The van der Waals surface area contributed by atoms with Gasteiger partial charge in [0.25, 0.3) is 0 Å². The maximum Gasteiger partial charge on any atom is 0.163 e. The maximum atomic E-state index is 13.3. The average Bonchev–Trinajstić information content (AvgIpc) is 2.33. The SMILES string of the molecule is O=C(Cc1ccccc1F)C1=CCCCC1. The van der Waals surface area contributed by atoms with E-state index < -0.39 is 0 Å². The summed E-state index contributed by atoms with van der Waals surface area (Å²) in [7, 11) is 0. The normalized spacial score (nSPS) is 15.7. The highest BCUT2D eigenvalue weighted by Gasteiger charge is 2.14. The lowest BCUT2D eigenvalue weighted by atomic mass is 9.93. The van der Waals surface area contributed by atoms with Crippen molar-refractivity contribution >= 4 is 5.78 Å². The Bertz CT molecular complexity index is 420. The van der Waals surface area contributed by atoms with Gasteiger partial charge in [0, 0.05) is 6.42 Å². The highest BCUT2D eigenvalue weighted by atomic mass is 19.1. The van der Waals surface area contributed by atoms with Crippen molar-refractivity contribution in [1.82, 2.24) is 0 Å². The highest BCUT2D eigenvalue weighted by molar-refractivity contribution is 5.96. The summed E-state index contributed by atoms with van der Waals surface area (Å²) in [5, 5.41) is 0. The monoisotopic (exact) mass is 218 g/mol. The molecule has 0 N–H and O–H groups in total. The Kier molecular flexibility index (Phi) is 3.50. The van der Waals surface area contributed by atoms with Crippen LogP contribution in [-0.4, -0.2) is 5.78 Å². The van der Waals surface area contributed by atoms with Crippen LogP contribution in [0.5, 0.6) is 0 Å². The van der Waals surface area contributed by atoms with Gasteiger partial charge in [-0.3, -0.25) is 4.79 Å². The summed E-state index contributed by atoms with van der Waals surface area (Å²) in [4.78, 5) is 11.9. The van der Waals surface area contributed by atoms with Crippen LogP contribution in [0.1, 0.15) is 31.2 Å². The smallest absolute Gasteiger partial charge is 0.163 e. The fourth-order valence-corrected chi connectivity index (χ4v) is 2.02. The number of rotatable bonds is 3. The van der Waals surface area contributed by atoms with E-state index in [0.29, 0.717) is 5.56 Å². The summed E-state index contributed by atoms with van der Waals surface area (Å²) in [5.41, 5.74) is 1.38. The van der Waals surface area contributed by atoms with Crippen LogP contribution in [0.25, 0.3) is 0 Å². The number of hydrogen-bond donors (Lipinski definition) is 0. The van der Waals surface area contributed by atoms with Crippen LogP contribution >= 0.6 is 0 Å². The first-order chi connectivity index (χ1) is 7.77. The molecule has 16 heavy (non-hydrogen) atoms. The van der Waals surface area contributed by atoms with Gasteiger partial charge in [0.15, 0.2) is 5.78 Å². The molecule has 0 atom stereocenters. The summed E-state index contributed by atoms with van der Waals surface area (Å²) >= 11 is 0. The number of carbonyl (C=O) groups excluding carboxylic acids is 1. The first-order valence-electron chi connectivity index (χ1n) is 5.73. The molecular formula is C14H15FO. The standard InChI is InChI=1S/C14H15FO/c15-13-9-5-4-8-12(13)10-14(16)11-6-2-1-3-7-11/h4-6,8-9H,1-3,7,10H2. The van der Waals surface area contributed by atoms with Gasteiger partial charge in [0.1, 0.15) is 5.82 Å². The van der Waals surface area contributed by atoms with Crippen LogP contribution in [0.3, 0.4) is 0 Å². The molecule has 0 aromatic heterocycles. The molecule has 1 aromatic rings. The second-order valence-electron chi connectivity index (χ2n) is 4.17. The molecule has 0 saturated carbocycles. The van der Waals surface area contributed by atoms with Gasteiger partial charge in [-0.1, -0.05) is 24.3 Å². The third-order valence-corrected chi connectivity index (χ3v) is 2.96. The van der Waals surface area contributed by atoms with E-state index in [1.54, 1.807) is 18.2 Å². The van der Waals surface area contributed by atoms with Crippen molar-refractivity contribution in [1.29, 1.82) is 0 Å². The Morgan fingerprint density at radius 3 is 2.75 bits per heavy atom. The summed E-state index contributed by atoms with van der Waals surface area (Å²) in [5.74, 6) is -0.211. The van der Waals surface area contributed by atoms with E-state index in [9.17, 15) is 9.18 Å². The van der Waals surface area contributed by atoms with Crippen LogP contribution in [0.15, 0.2) is 35.9 Å². The van der Waals surface area contributed by atoms with Gasteiger partial charge in [-0.05, 0) is 42.9 Å². The number of benzene rings is 1. The fraction of sp³-hybridized carbons (Fsp3) is 0.357. The van der Waals surface area contributed by atoms with E-state index in [-0.39, 0.29) is 18.0 Å². The molecule has 0 spiro atoms. The highest BCUT2D eigenvalue weighted by Crippen LogP contribution is 2.20. The van der Waals surface area contributed by atoms with Gasteiger partial charge < -0.3 is 0 Å². The molecule has 0 amide bonds. The maximum absolute atomic E-state index is 13.3. The summed E-state index contributed by atoms with van der Waals surface area (Å²) in [6.45, 7) is 0. The molecule has 1 aromatic carbocycles. The third kappa shape index (κ3) is 2.57. The third-order valence-electron chi connectivity index (χ3n) is 2.96. The first-order valence-corrected chi connectivity index (χ1v) is 5.73. The molecule has 0 bridgehead atoms. The van der Waals surface area contributed by atoms with Crippen molar-refractivity contribution in [2.75, 3.05) is 0 Å². The van der Waals surface area contributed by atoms with Crippen molar-refractivity contribution in [3.63, 3.8) is 0 Å². The van der Waals surface area contributed by atoms with E-state index in [1.807, 2.05) is 6.08 Å². The Hall–Kier alpha value is -1.44. The quantitative estimate of drug-likeness (QED) is 0.759. The molecule has 0 aliphatic heterocycles. The van der Waals surface area contributed by atoms with Crippen molar-refractivity contribution in [3.05, 3.63) is 47.3 Å². The second-order valence-corrected chi connectivity index (χ2v) is 4.17. The fourth-order valence-electron chi connectivity index (χ4n) is 2.02. The Morgan fingerprint density at radius 2 is 2.06 bits per heavy atom. The number of carbonyl (C=O) groups is 1. The number of ketones is 1. The molecule has 84 valence electrons. The molecule has 1 aliphatic carbocycles. The molecule has 0 unspecified atom stereocenters. The zero-order valence-electron chi connectivity index (χ0n) is 9.21. The zero-order chi connectivity index (χ0) is 11.4. The molecular weight excluding hydrogens is 203 g/mol. The van der Waals surface area contributed by atoms with Gasteiger partial charge in [-0.15, -0.1) is 0 Å². The first kappa shape index (κ1) is 11.1. The second kappa shape index (κ2) is 5.06. The molecule has 1 nitrogen and oxygen atoms in total. The Morgan fingerprint density at radius 1 is 1.25 bits per heavy atom. The van der Waals surface area contributed by atoms with Crippen LogP contribution in [0.2, 0.25) is 0 Å². The largest absolute Gasteiger partial charge is 0.294 e. The average molecular weight is 218 g/mol. The van der Waals surface area contributed by atoms with Gasteiger partial charge in [0.05, 0.1) is 0 Å². The molecule has 0 saturated heterocycles. The predicted molar refractivity (Wildman–Crippen MR) is 61.7 cm³/mol. The topological polar surface area (TPSA) is 17.1 Å². The number of halogens is 1. The number of hydrogen-bond acceptors (Lipinski definition) is 1. The Labute approximate surface area is 95.0 Å². The number of Topliss-reactive ketones (excluding diaryl/α,β-unsaturated/α-hetero) is 1. The molecule has 0 fully saturated rings. The molecule has 1 aliphatic rings. The van der Waals surface area contributed by atoms with E-state index in [1.165, 1.54) is 6.07 Å². The van der Waals surface area contributed by atoms with Gasteiger partial charge in [0.2, 0.25) is 0 Å². The van der Waals surface area contributed by atoms with E-state index >= 15 is 0 Å². The summed E-state index contributed by atoms with van der Waals surface area (Å²) in [6.07, 6.45) is 6.28. The van der Waals surface area contributed by atoms with Crippen molar-refractivity contribution in [2.24, 2.45) is 0 Å². The van der Waals surface area contributed by atoms with Gasteiger partial charge >= 0.3 is 0 Å². The minimum atomic E-state index is -0.285. The zero-order valence-corrected chi connectivity index (χ0v) is 9.21. The molecule has 0 heterocycles. The Balaban J connectivity index is 2.07. The van der Waals surface area contributed by atoms with Gasteiger partial charge in [-0.2, -0.15) is 0 Å². The van der Waals surface area contributed by atoms with E-state index in [4.69, 9.17) is 0 Å². The lowest BCUT2D eigenvalue weighted by molar-refractivity contribution is -0.115. The van der Waals surface area contributed by atoms with Crippen molar-refractivity contribution < 1.29 is 9.18 Å².